The van der Waals surface area contributed by atoms with Crippen molar-refractivity contribution in [1.82, 2.24) is 18.8 Å². The van der Waals surface area contributed by atoms with Gasteiger partial charge in [-0.3, -0.25) is 4.79 Å². The fraction of sp³-hybridized carbons (Fsp3) is 0.471. The highest BCUT2D eigenvalue weighted by Crippen LogP contribution is 2.24. The molecule has 3 heterocycles. The molecule has 9 heteroatoms. The Morgan fingerprint density at radius 3 is 2.77 bits per heavy atom. The minimum atomic E-state index is -3.71. The van der Waals surface area contributed by atoms with E-state index in [2.05, 4.69) is 15.3 Å². The number of carbonyl (C=O) groups excluding carboxylic acids is 1. The molecule has 0 spiro atoms. The Kier molecular flexibility index (Phi) is 5.38. The molecule has 0 aromatic carbocycles. The molecule has 0 bridgehead atoms. The molecule has 1 amide bonds. The summed E-state index contributed by atoms with van der Waals surface area (Å²) in [5.74, 6) is -0.155. The molecule has 1 atom stereocenters. The number of aromatic nitrogens is 3. The van der Waals surface area contributed by atoms with Gasteiger partial charge in [-0.25, -0.2) is 18.4 Å². The zero-order chi connectivity index (χ0) is 18.7. The Morgan fingerprint density at radius 2 is 2.12 bits per heavy atom. The van der Waals surface area contributed by atoms with Crippen LogP contribution in [0, 0.1) is 5.92 Å². The number of rotatable bonds is 5. The lowest BCUT2D eigenvalue weighted by atomic mass is 9.99. The van der Waals surface area contributed by atoms with Crippen LogP contribution in [-0.4, -0.2) is 46.3 Å². The second-order valence-corrected chi connectivity index (χ2v) is 8.54. The average molecular weight is 377 g/mol. The molecule has 2 aromatic heterocycles. The van der Waals surface area contributed by atoms with Gasteiger partial charge in [-0.15, -0.1) is 0 Å². The van der Waals surface area contributed by atoms with Gasteiger partial charge in [-0.05, 0) is 38.8 Å². The summed E-state index contributed by atoms with van der Waals surface area (Å²) in [6.07, 6.45) is 5.93. The summed E-state index contributed by atoms with van der Waals surface area (Å²) in [6, 6.07) is 5.38. The second kappa shape index (κ2) is 7.55. The Hall–Kier alpha value is -2.26. The number of imidazole rings is 1. The lowest BCUT2D eigenvalue weighted by molar-refractivity contribution is -0.120. The van der Waals surface area contributed by atoms with Gasteiger partial charge in [0.25, 0.3) is 10.0 Å². The van der Waals surface area contributed by atoms with Crippen LogP contribution in [0.3, 0.4) is 0 Å². The molecule has 1 saturated heterocycles. The maximum absolute atomic E-state index is 12.9. The number of sulfonamides is 1. The van der Waals surface area contributed by atoms with E-state index in [9.17, 15) is 13.2 Å². The summed E-state index contributed by atoms with van der Waals surface area (Å²) in [4.78, 5) is 20.6. The zero-order valence-corrected chi connectivity index (χ0v) is 15.7. The van der Waals surface area contributed by atoms with Gasteiger partial charge in [0.2, 0.25) is 5.91 Å². The van der Waals surface area contributed by atoms with Gasteiger partial charge in [0, 0.05) is 31.5 Å². The molecule has 0 saturated carbocycles. The van der Waals surface area contributed by atoms with Gasteiger partial charge in [0.1, 0.15) is 5.82 Å². The molecule has 0 aliphatic carbocycles. The number of amides is 1. The highest BCUT2D eigenvalue weighted by molar-refractivity contribution is 7.89. The second-order valence-electron chi connectivity index (χ2n) is 6.66. The first-order valence-corrected chi connectivity index (χ1v) is 10.1. The number of nitrogens with zero attached hydrogens (tertiary/aromatic N) is 4. The molecule has 1 N–H and O–H groups in total. The molecule has 8 nitrogen and oxygen atoms in total. The minimum Gasteiger partial charge on any atom is -0.334 e. The number of nitrogens with one attached hydrogen (secondary N) is 1. The zero-order valence-electron chi connectivity index (χ0n) is 14.9. The molecule has 3 rings (SSSR count). The third-order valence-electron chi connectivity index (χ3n) is 4.45. The van der Waals surface area contributed by atoms with E-state index in [0.717, 1.165) is 0 Å². The third kappa shape index (κ3) is 3.94. The first kappa shape index (κ1) is 18.5. The topological polar surface area (TPSA) is 97.2 Å². The standard InChI is InChI=1S/C17H23N5O3S/c1-13(2)21-11-16(19-12-21)26(24,25)22-9-5-6-14(10-22)17(23)20-15-7-3-4-8-18-15/h3-4,7-8,11-14H,5-6,9-10H2,1-2H3,(H,18,20,23). The maximum atomic E-state index is 12.9. The number of hydrogen-bond acceptors (Lipinski definition) is 5. The molecular weight excluding hydrogens is 354 g/mol. The average Bonchev–Trinajstić information content (AvgIpc) is 3.14. The summed E-state index contributed by atoms with van der Waals surface area (Å²) in [5, 5.41) is 2.78. The van der Waals surface area contributed by atoms with Gasteiger partial charge in [-0.2, -0.15) is 4.31 Å². The van der Waals surface area contributed by atoms with E-state index in [1.807, 2.05) is 13.8 Å². The molecule has 2 aromatic rings. The van der Waals surface area contributed by atoms with Crippen LogP contribution in [0.25, 0.3) is 0 Å². The van der Waals surface area contributed by atoms with Gasteiger partial charge in [0.15, 0.2) is 5.03 Å². The predicted octanol–water partition coefficient (Wildman–Crippen LogP) is 1.90. The molecule has 1 aliphatic heterocycles. The SMILES string of the molecule is CC(C)n1cnc(S(=O)(=O)N2CCCC(C(=O)Nc3ccccn3)C2)c1. The van der Waals surface area contributed by atoms with E-state index in [-0.39, 0.29) is 23.5 Å². The summed E-state index contributed by atoms with van der Waals surface area (Å²) < 4.78 is 28.8. The van der Waals surface area contributed by atoms with E-state index in [1.54, 1.807) is 29.0 Å². The van der Waals surface area contributed by atoms with Crippen LogP contribution in [0.4, 0.5) is 5.82 Å². The predicted molar refractivity (Wildman–Crippen MR) is 97.0 cm³/mol. The summed E-state index contributed by atoms with van der Waals surface area (Å²) in [5.41, 5.74) is 0. The van der Waals surface area contributed by atoms with Crippen LogP contribution in [0.15, 0.2) is 41.9 Å². The first-order chi connectivity index (χ1) is 12.4. The number of pyridine rings is 1. The van der Waals surface area contributed by atoms with Crippen molar-refractivity contribution in [3.05, 3.63) is 36.9 Å². The van der Waals surface area contributed by atoms with Gasteiger partial charge in [-0.1, -0.05) is 6.07 Å². The van der Waals surface area contributed by atoms with E-state index in [0.29, 0.717) is 25.2 Å². The lowest BCUT2D eigenvalue weighted by Crippen LogP contribution is -2.43. The number of piperidine rings is 1. The summed E-state index contributed by atoms with van der Waals surface area (Å²) in [6.45, 7) is 4.45. The van der Waals surface area contributed by atoms with Crippen LogP contribution in [0.1, 0.15) is 32.7 Å². The quantitative estimate of drug-likeness (QED) is 0.858. The van der Waals surface area contributed by atoms with Crippen molar-refractivity contribution in [1.29, 1.82) is 0 Å². The molecule has 1 aliphatic rings. The van der Waals surface area contributed by atoms with Crippen LogP contribution >= 0.6 is 0 Å². The fourth-order valence-electron chi connectivity index (χ4n) is 2.91. The van der Waals surface area contributed by atoms with Gasteiger partial charge in [0.05, 0.1) is 12.2 Å². The van der Waals surface area contributed by atoms with Crippen molar-refractivity contribution >= 4 is 21.7 Å². The van der Waals surface area contributed by atoms with E-state index < -0.39 is 15.9 Å². The van der Waals surface area contributed by atoms with Crippen LogP contribution in [0.2, 0.25) is 0 Å². The van der Waals surface area contributed by atoms with Gasteiger partial charge < -0.3 is 9.88 Å². The monoisotopic (exact) mass is 377 g/mol. The van der Waals surface area contributed by atoms with Crippen molar-refractivity contribution in [3.63, 3.8) is 0 Å². The summed E-state index contributed by atoms with van der Waals surface area (Å²) in [7, 11) is -3.71. The number of anilines is 1. The molecule has 0 radical (unpaired) electrons. The Labute approximate surface area is 153 Å². The van der Waals surface area contributed by atoms with Crippen LogP contribution in [-0.2, 0) is 14.8 Å². The van der Waals surface area contributed by atoms with Crippen molar-refractivity contribution in [2.45, 2.75) is 37.8 Å². The molecule has 140 valence electrons. The largest absolute Gasteiger partial charge is 0.334 e. The highest BCUT2D eigenvalue weighted by Gasteiger charge is 2.34. The highest BCUT2D eigenvalue weighted by atomic mass is 32.2. The third-order valence-corrected chi connectivity index (χ3v) is 6.20. The van der Waals surface area contributed by atoms with Gasteiger partial charge >= 0.3 is 0 Å². The van der Waals surface area contributed by atoms with E-state index in [4.69, 9.17) is 0 Å². The van der Waals surface area contributed by atoms with Crippen molar-refractivity contribution in [2.24, 2.45) is 5.92 Å². The lowest BCUT2D eigenvalue weighted by Gasteiger charge is -2.30. The van der Waals surface area contributed by atoms with E-state index in [1.165, 1.54) is 16.8 Å². The van der Waals surface area contributed by atoms with Crippen molar-refractivity contribution in [2.75, 3.05) is 18.4 Å². The van der Waals surface area contributed by atoms with Crippen molar-refractivity contribution in [3.8, 4) is 0 Å². The minimum absolute atomic E-state index is 0.0250. The Morgan fingerprint density at radius 1 is 1.31 bits per heavy atom. The smallest absolute Gasteiger partial charge is 0.262 e. The first-order valence-electron chi connectivity index (χ1n) is 8.63. The van der Waals surface area contributed by atoms with E-state index >= 15 is 0 Å². The molecule has 1 unspecified atom stereocenters. The van der Waals surface area contributed by atoms with Crippen molar-refractivity contribution < 1.29 is 13.2 Å². The normalized spacial score (nSPS) is 18.8. The molecular formula is C17H23N5O3S. The molecule has 1 fully saturated rings. The number of carbonyl (C=O) groups is 1. The fourth-order valence-corrected chi connectivity index (χ4v) is 4.35. The Balaban J connectivity index is 1.71. The number of hydrogen-bond donors (Lipinski definition) is 1. The van der Waals surface area contributed by atoms with Crippen LogP contribution < -0.4 is 5.32 Å². The van der Waals surface area contributed by atoms with Crippen LogP contribution in [0.5, 0.6) is 0 Å². The summed E-state index contributed by atoms with van der Waals surface area (Å²) >= 11 is 0. The molecule has 26 heavy (non-hydrogen) atoms. The maximum Gasteiger partial charge on any atom is 0.262 e. The Bertz CT molecular complexity index is 864.